The normalized spacial score (nSPS) is 40.7. The highest BCUT2D eigenvalue weighted by atomic mass is 16.7. The largest absolute Gasteiger partial charge is 0.390 e. The van der Waals surface area contributed by atoms with Gasteiger partial charge in [-0.1, -0.05) is 30.7 Å². The molecule has 4 rings (SSSR count). The van der Waals surface area contributed by atoms with E-state index in [0.717, 1.165) is 29.8 Å². The third-order valence-corrected chi connectivity index (χ3v) is 6.15. The Kier molecular flexibility index (Phi) is 5.60. The maximum Gasteiger partial charge on any atom is 0.161 e. The third-order valence-electron chi connectivity index (χ3n) is 6.15. The molecule has 2 saturated heterocycles. The lowest BCUT2D eigenvalue weighted by atomic mass is 9.91. The van der Waals surface area contributed by atoms with E-state index in [-0.39, 0.29) is 17.8 Å². The van der Waals surface area contributed by atoms with Crippen LogP contribution in [-0.4, -0.2) is 64.9 Å². The van der Waals surface area contributed by atoms with Gasteiger partial charge in [-0.3, -0.25) is 4.99 Å². The van der Waals surface area contributed by atoms with Crippen molar-refractivity contribution in [3.63, 3.8) is 0 Å². The number of epoxide rings is 1. The Hall–Kier alpha value is -1.31. The van der Waals surface area contributed by atoms with Crippen molar-refractivity contribution < 1.29 is 24.4 Å². The van der Waals surface area contributed by atoms with Crippen LogP contribution < -0.4 is 0 Å². The summed E-state index contributed by atoms with van der Waals surface area (Å²) in [4.78, 5) is 4.60. The minimum absolute atomic E-state index is 0.242. The van der Waals surface area contributed by atoms with Gasteiger partial charge in [0.1, 0.15) is 12.2 Å². The molecule has 6 nitrogen and oxygen atoms in total. The van der Waals surface area contributed by atoms with Crippen molar-refractivity contribution in [3.05, 3.63) is 35.5 Å². The minimum Gasteiger partial charge on any atom is -0.390 e. The summed E-state index contributed by atoms with van der Waals surface area (Å²) in [6.45, 7) is 6.63. The number of nitrogens with zero attached hydrogens (tertiary/aromatic N) is 1. The first-order valence-corrected chi connectivity index (χ1v) is 10.4. The molecule has 1 aliphatic carbocycles. The molecule has 0 aromatic rings. The van der Waals surface area contributed by atoms with Gasteiger partial charge in [-0.15, -0.1) is 0 Å². The van der Waals surface area contributed by atoms with E-state index in [1.807, 2.05) is 26.8 Å². The zero-order chi connectivity index (χ0) is 19.9. The van der Waals surface area contributed by atoms with E-state index in [1.165, 1.54) is 0 Å². The zero-order valence-electron chi connectivity index (χ0n) is 16.9. The van der Waals surface area contributed by atoms with E-state index in [2.05, 4.69) is 23.2 Å². The Labute approximate surface area is 166 Å². The predicted octanol–water partition coefficient (Wildman–Crippen LogP) is 2.45. The maximum absolute atomic E-state index is 10.5. The lowest BCUT2D eigenvalue weighted by Crippen LogP contribution is -2.41. The molecule has 0 amide bonds. The monoisotopic (exact) mass is 389 g/mol. The number of aliphatic hydroxyl groups excluding tert-OH is 2. The number of hydrogen-bond acceptors (Lipinski definition) is 6. The summed E-state index contributed by atoms with van der Waals surface area (Å²) < 4.78 is 17.8. The summed E-state index contributed by atoms with van der Waals surface area (Å²) >= 11 is 0. The van der Waals surface area contributed by atoms with Crippen LogP contribution in [0.5, 0.6) is 0 Å². The van der Waals surface area contributed by atoms with Crippen molar-refractivity contribution in [3.8, 4) is 0 Å². The summed E-state index contributed by atoms with van der Waals surface area (Å²) in [5.41, 5.74) is 2.84. The molecule has 4 aliphatic rings. The van der Waals surface area contributed by atoms with Crippen LogP contribution in [0.4, 0.5) is 0 Å². The van der Waals surface area contributed by atoms with Crippen molar-refractivity contribution in [1.82, 2.24) is 0 Å². The average molecular weight is 389 g/mol. The van der Waals surface area contributed by atoms with Crippen molar-refractivity contribution in [2.45, 2.75) is 88.9 Å². The topological polar surface area (TPSA) is 83.8 Å². The van der Waals surface area contributed by atoms with Crippen LogP contribution in [0.15, 0.2) is 40.4 Å². The standard InChI is InChI=1S/C22H31NO5/c1-4-16(24)18(27-21-8-6-17(25)14(3)26-21)12-13(2)11-15-5-7-19-22(15)20(28-22)9-10-23-19/h5,7,11-12,14,16-18,20-21,24-25H,4,6,8-10H2,1-3H3/b13-12+,15-11-. The van der Waals surface area contributed by atoms with Crippen molar-refractivity contribution in [2.75, 3.05) is 6.54 Å². The molecule has 6 heteroatoms. The molecule has 2 fully saturated rings. The van der Waals surface area contributed by atoms with Crippen LogP contribution in [0.2, 0.25) is 0 Å². The van der Waals surface area contributed by atoms with Crippen LogP contribution in [0.3, 0.4) is 0 Å². The fourth-order valence-electron chi connectivity index (χ4n) is 4.36. The lowest BCUT2D eigenvalue weighted by molar-refractivity contribution is -0.238. The molecule has 7 unspecified atom stereocenters. The number of aliphatic hydroxyl groups is 2. The smallest absolute Gasteiger partial charge is 0.161 e. The number of allylic oxidation sites excluding steroid dienone is 2. The molecular weight excluding hydrogens is 358 g/mol. The second-order valence-electron chi connectivity index (χ2n) is 8.23. The Morgan fingerprint density at radius 2 is 2.21 bits per heavy atom. The van der Waals surface area contributed by atoms with Gasteiger partial charge in [0.25, 0.3) is 0 Å². The SMILES string of the molecule is CCC(O)C(/C=C(C)/C=C1/C=CC2=NCCC3OC213)OC1CCC(O)C(C)O1. The Morgan fingerprint density at radius 1 is 1.39 bits per heavy atom. The second kappa shape index (κ2) is 7.84. The lowest BCUT2D eigenvalue weighted by Gasteiger charge is -2.34. The van der Waals surface area contributed by atoms with E-state index >= 15 is 0 Å². The van der Waals surface area contributed by atoms with Gasteiger partial charge in [0.05, 0.1) is 24.0 Å². The van der Waals surface area contributed by atoms with Gasteiger partial charge in [0.2, 0.25) is 0 Å². The van der Waals surface area contributed by atoms with Crippen LogP contribution in [0.1, 0.15) is 46.5 Å². The molecular formula is C22H31NO5. The Balaban J connectivity index is 1.48. The fraction of sp³-hybridized carbons (Fsp3) is 0.682. The van der Waals surface area contributed by atoms with Gasteiger partial charge in [-0.2, -0.15) is 0 Å². The quantitative estimate of drug-likeness (QED) is 0.682. The van der Waals surface area contributed by atoms with Crippen molar-refractivity contribution >= 4 is 5.71 Å². The molecule has 0 aromatic heterocycles. The fourth-order valence-corrected chi connectivity index (χ4v) is 4.36. The Morgan fingerprint density at radius 3 is 2.96 bits per heavy atom. The molecule has 28 heavy (non-hydrogen) atoms. The van der Waals surface area contributed by atoms with Gasteiger partial charge in [0, 0.05) is 13.0 Å². The Bertz CT molecular complexity index is 726. The molecule has 0 radical (unpaired) electrons. The number of ether oxygens (including phenoxy) is 3. The van der Waals surface area contributed by atoms with E-state index in [9.17, 15) is 10.2 Å². The molecule has 0 bridgehead atoms. The highest BCUT2D eigenvalue weighted by molar-refractivity contribution is 6.11. The van der Waals surface area contributed by atoms with E-state index < -0.39 is 24.6 Å². The summed E-state index contributed by atoms with van der Waals surface area (Å²) in [6.07, 6.45) is 9.04. The molecule has 0 saturated carbocycles. The van der Waals surface area contributed by atoms with Gasteiger partial charge in [-0.25, -0.2) is 0 Å². The summed E-state index contributed by atoms with van der Waals surface area (Å²) in [7, 11) is 0. The van der Waals surface area contributed by atoms with Gasteiger partial charge in [-0.05, 0) is 44.8 Å². The van der Waals surface area contributed by atoms with Crippen molar-refractivity contribution in [1.29, 1.82) is 0 Å². The van der Waals surface area contributed by atoms with E-state index in [1.54, 1.807) is 0 Å². The van der Waals surface area contributed by atoms with E-state index in [4.69, 9.17) is 14.2 Å². The first-order valence-electron chi connectivity index (χ1n) is 10.4. The van der Waals surface area contributed by atoms with E-state index in [0.29, 0.717) is 19.3 Å². The van der Waals surface area contributed by atoms with Gasteiger partial charge in [0.15, 0.2) is 11.9 Å². The average Bonchev–Trinajstić information content (AvgIpc) is 3.34. The molecule has 1 spiro atoms. The minimum atomic E-state index is -0.617. The van der Waals surface area contributed by atoms with Gasteiger partial charge >= 0.3 is 0 Å². The summed E-state index contributed by atoms with van der Waals surface area (Å²) in [6, 6.07) is 0. The van der Waals surface area contributed by atoms with Crippen LogP contribution in [0, 0.1) is 0 Å². The predicted molar refractivity (Wildman–Crippen MR) is 106 cm³/mol. The summed E-state index contributed by atoms with van der Waals surface area (Å²) in [5, 5.41) is 20.3. The molecule has 154 valence electrons. The second-order valence-corrected chi connectivity index (χ2v) is 8.23. The molecule has 0 aromatic carbocycles. The highest BCUT2D eigenvalue weighted by Crippen LogP contribution is 2.52. The zero-order valence-corrected chi connectivity index (χ0v) is 16.9. The molecule has 2 N–H and O–H groups in total. The molecule has 3 heterocycles. The number of aliphatic imine (C=N–C) groups is 1. The molecule has 7 atom stereocenters. The van der Waals surface area contributed by atoms with Crippen LogP contribution in [-0.2, 0) is 14.2 Å². The van der Waals surface area contributed by atoms with Crippen LogP contribution >= 0.6 is 0 Å². The van der Waals surface area contributed by atoms with Crippen molar-refractivity contribution in [2.24, 2.45) is 4.99 Å². The third kappa shape index (κ3) is 3.64. The maximum atomic E-state index is 10.5. The molecule has 3 aliphatic heterocycles. The first kappa shape index (κ1) is 20.0. The van der Waals surface area contributed by atoms with Gasteiger partial charge < -0.3 is 24.4 Å². The highest BCUT2D eigenvalue weighted by Gasteiger charge is 2.64. The first-order chi connectivity index (χ1) is 13.4. The number of rotatable bonds is 6. The number of hydrogen-bond donors (Lipinski definition) is 2. The summed E-state index contributed by atoms with van der Waals surface area (Å²) in [5.74, 6) is 0. The van der Waals surface area contributed by atoms with Crippen LogP contribution in [0.25, 0.3) is 0 Å².